The van der Waals surface area contributed by atoms with Gasteiger partial charge in [0.05, 0.1) is 15.6 Å². The Morgan fingerprint density at radius 2 is 2.15 bits per heavy atom. The van der Waals surface area contributed by atoms with Gasteiger partial charge in [0.2, 0.25) is 0 Å². The SMILES string of the molecule is CCN(CC)CCCNc1cc(N)c(C(=O)C2CC2)s1. The number of nitrogen functional groups attached to an aromatic ring is 1. The molecule has 0 radical (unpaired) electrons. The summed E-state index contributed by atoms with van der Waals surface area (Å²) >= 11 is 1.51. The van der Waals surface area contributed by atoms with Crippen molar-refractivity contribution in [3.8, 4) is 0 Å². The van der Waals surface area contributed by atoms with Gasteiger partial charge in [-0.3, -0.25) is 4.79 Å². The van der Waals surface area contributed by atoms with Crippen molar-refractivity contribution < 1.29 is 4.79 Å². The normalized spacial score (nSPS) is 14.8. The molecule has 3 N–H and O–H groups in total. The van der Waals surface area contributed by atoms with Crippen molar-refractivity contribution >= 4 is 27.8 Å². The van der Waals surface area contributed by atoms with Crippen LogP contribution in [0.2, 0.25) is 0 Å². The Hall–Kier alpha value is -1.07. The average molecular weight is 295 g/mol. The van der Waals surface area contributed by atoms with Crippen LogP contribution in [0, 0.1) is 5.92 Å². The maximum absolute atomic E-state index is 12.0. The third kappa shape index (κ3) is 3.96. The van der Waals surface area contributed by atoms with E-state index in [9.17, 15) is 4.79 Å². The minimum Gasteiger partial charge on any atom is -0.397 e. The van der Waals surface area contributed by atoms with E-state index in [0.29, 0.717) is 5.69 Å². The Morgan fingerprint density at radius 1 is 1.45 bits per heavy atom. The summed E-state index contributed by atoms with van der Waals surface area (Å²) in [6.45, 7) is 8.60. The van der Waals surface area contributed by atoms with Crippen LogP contribution in [0.4, 0.5) is 10.7 Å². The molecule has 1 aromatic heterocycles. The lowest BCUT2D eigenvalue weighted by Gasteiger charge is -2.17. The van der Waals surface area contributed by atoms with E-state index in [-0.39, 0.29) is 11.7 Å². The van der Waals surface area contributed by atoms with Crippen LogP contribution in [-0.2, 0) is 0 Å². The number of thiophene rings is 1. The predicted octanol–water partition coefficient (Wildman–Crippen LogP) is 3.07. The first-order valence-corrected chi connectivity index (χ1v) is 8.37. The molecule has 0 spiro atoms. The Balaban J connectivity index is 1.78. The van der Waals surface area contributed by atoms with Gasteiger partial charge in [0.15, 0.2) is 5.78 Å². The molecule has 1 aliphatic rings. The number of anilines is 2. The summed E-state index contributed by atoms with van der Waals surface area (Å²) < 4.78 is 0. The first-order chi connectivity index (χ1) is 9.65. The van der Waals surface area contributed by atoms with Gasteiger partial charge in [-0.2, -0.15) is 0 Å². The van der Waals surface area contributed by atoms with Crippen LogP contribution in [0.3, 0.4) is 0 Å². The quantitative estimate of drug-likeness (QED) is 0.543. The second kappa shape index (κ2) is 7.09. The highest BCUT2D eigenvalue weighted by molar-refractivity contribution is 7.18. The fourth-order valence-electron chi connectivity index (χ4n) is 2.27. The van der Waals surface area contributed by atoms with Crippen molar-refractivity contribution in [3.63, 3.8) is 0 Å². The molecule has 20 heavy (non-hydrogen) atoms. The first kappa shape index (κ1) is 15.3. The molecule has 0 bridgehead atoms. The van der Waals surface area contributed by atoms with Gasteiger partial charge in [-0.05, 0) is 45.0 Å². The highest BCUT2D eigenvalue weighted by Crippen LogP contribution is 2.38. The van der Waals surface area contributed by atoms with E-state index in [0.717, 1.165) is 55.3 Å². The number of ketones is 1. The summed E-state index contributed by atoms with van der Waals surface area (Å²) in [5.74, 6) is 0.482. The maximum Gasteiger partial charge on any atom is 0.178 e. The molecule has 0 saturated heterocycles. The van der Waals surface area contributed by atoms with Crippen LogP contribution in [0.25, 0.3) is 0 Å². The van der Waals surface area contributed by atoms with Crippen LogP contribution in [0.1, 0.15) is 42.8 Å². The Bertz CT molecular complexity index is 450. The molecule has 0 aromatic carbocycles. The lowest BCUT2D eigenvalue weighted by Crippen LogP contribution is -2.25. The standard InChI is InChI=1S/C15H25N3OS/c1-3-18(4-2)9-5-8-17-13-10-12(16)15(20-13)14(19)11-6-7-11/h10-11,17H,3-9,16H2,1-2H3. The van der Waals surface area contributed by atoms with Crippen molar-refractivity contribution in [1.82, 2.24) is 4.90 Å². The summed E-state index contributed by atoms with van der Waals surface area (Å²) in [7, 11) is 0. The topological polar surface area (TPSA) is 58.4 Å². The monoisotopic (exact) mass is 295 g/mol. The predicted molar refractivity (Wildman–Crippen MR) is 86.7 cm³/mol. The van der Waals surface area contributed by atoms with E-state index in [1.54, 1.807) is 0 Å². The number of Topliss-reactive ketones (excluding diaryl/α,β-unsaturated/α-hetero) is 1. The van der Waals surface area contributed by atoms with Crippen LogP contribution in [0.15, 0.2) is 6.07 Å². The number of hydrogen-bond acceptors (Lipinski definition) is 5. The molecule has 0 unspecified atom stereocenters. The minimum atomic E-state index is 0.240. The van der Waals surface area contributed by atoms with Crippen molar-refractivity contribution in [2.75, 3.05) is 37.2 Å². The van der Waals surface area contributed by atoms with Gasteiger partial charge in [0.25, 0.3) is 0 Å². The molecule has 1 aliphatic carbocycles. The molecular weight excluding hydrogens is 270 g/mol. The van der Waals surface area contributed by atoms with E-state index in [1.807, 2.05) is 6.07 Å². The Kier molecular flexibility index (Phi) is 5.43. The molecule has 0 aliphatic heterocycles. The van der Waals surface area contributed by atoms with Gasteiger partial charge < -0.3 is 16.0 Å². The first-order valence-electron chi connectivity index (χ1n) is 7.55. The molecule has 0 atom stereocenters. The molecule has 4 nitrogen and oxygen atoms in total. The fourth-order valence-corrected chi connectivity index (χ4v) is 3.29. The number of rotatable bonds is 9. The van der Waals surface area contributed by atoms with Crippen LogP contribution >= 0.6 is 11.3 Å². The number of nitrogens with zero attached hydrogens (tertiary/aromatic N) is 1. The van der Waals surface area contributed by atoms with Crippen molar-refractivity contribution in [2.24, 2.45) is 5.92 Å². The van der Waals surface area contributed by atoms with E-state index in [1.165, 1.54) is 11.3 Å². The Morgan fingerprint density at radius 3 is 2.75 bits per heavy atom. The zero-order valence-corrected chi connectivity index (χ0v) is 13.3. The molecule has 1 fully saturated rings. The maximum atomic E-state index is 12.0. The molecule has 1 aromatic rings. The third-order valence-electron chi connectivity index (χ3n) is 3.78. The van der Waals surface area contributed by atoms with Gasteiger partial charge in [0.1, 0.15) is 0 Å². The lowest BCUT2D eigenvalue weighted by atomic mass is 10.2. The summed E-state index contributed by atoms with van der Waals surface area (Å²) in [5, 5.41) is 4.40. The zero-order chi connectivity index (χ0) is 14.5. The minimum absolute atomic E-state index is 0.240. The van der Waals surface area contributed by atoms with Gasteiger partial charge in [0, 0.05) is 12.5 Å². The van der Waals surface area contributed by atoms with E-state index < -0.39 is 0 Å². The van der Waals surface area contributed by atoms with E-state index >= 15 is 0 Å². The smallest absolute Gasteiger partial charge is 0.178 e. The van der Waals surface area contributed by atoms with Gasteiger partial charge in [-0.1, -0.05) is 13.8 Å². The van der Waals surface area contributed by atoms with E-state index in [2.05, 4.69) is 24.1 Å². The molecule has 5 heteroatoms. The summed E-state index contributed by atoms with van der Waals surface area (Å²) in [6.07, 6.45) is 3.16. The van der Waals surface area contributed by atoms with Crippen molar-refractivity contribution in [3.05, 3.63) is 10.9 Å². The largest absolute Gasteiger partial charge is 0.397 e. The summed E-state index contributed by atoms with van der Waals surface area (Å²) in [5.41, 5.74) is 6.58. The molecule has 2 rings (SSSR count). The van der Waals surface area contributed by atoms with Crippen LogP contribution < -0.4 is 11.1 Å². The second-order valence-corrected chi connectivity index (χ2v) is 6.39. The highest BCUT2D eigenvalue weighted by atomic mass is 32.1. The number of carbonyl (C=O) groups is 1. The number of hydrogen-bond donors (Lipinski definition) is 2. The Labute approximate surface area is 125 Å². The molecule has 1 saturated carbocycles. The summed E-state index contributed by atoms with van der Waals surface area (Å²) in [4.78, 5) is 15.2. The zero-order valence-electron chi connectivity index (χ0n) is 12.4. The molecule has 1 heterocycles. The van der Waals surface area contributed by atoms with Gasteiger partial charge in [-0.15, -0.1) is 11.3 Å². The number of nitrogens with two attached hydrogens (primary N) is 1. The molecule has 0 amide bonds. The van der Waals surface area contributed by atoms with Crippen molar-refractivity contribution in [2.45, 2.75) is 33.1 Å². The van der Waals surface area contributed by atoms with Gasteiger partial charge in [-0.25, -0.2) is 0 Å². The average Bonchev–Trinajstić information content (AvgIpc) is 3.22. The number of nitrogens with one attached hydrogen (secondary N) is 1. The van der Waals surface area contributed by atoms with Gasteiger partial charge >= 0.3 is 0 Å². The molecular formula is C15H25N3OS. The fraction of sp³-hybridized carbons (Fsp3) is 0.667. The lowest BCUT2D eigenvalue weighted by molar-refractivity contribution is 0.0972. The second-order valence-electron chi connectivity index (χ2n) is 5.34. The van der Waals surface area contributed by atoms with Crippen molar-refractivity contribution in [1.29, 1.82) is 0 Å². The third-order valence-corrected chi connectivity index (χ3v) is 4.90. The highest BCUT2D eigenvalue weighted by Gasteiger charge is 2.32. The summed E-state index contributed by atoms with van der Waals surface area (Å²) in [6, 6.07) is 1.90. The van der Waals surface area contributed by atoms with E-state index in [4.69, 9.17) is 5.73 Å². The number of carbonyl (C=O) groups excluding carboxylic acids is 1. The molecule has 112 valence electrons. The van der Waals surface area contributed by atoms with Crippen LogP contribution in [0.5, 0.6) is 0 Å². The van der Waals surface area contributed by atoms with Crippen LogP contribution in [-0.4, -0.2) is 36.9 Å².